The summed E-state index contributed by atoms with van der Waals surface area (Å²) < 4.78 is 0. The maximum Gasteiger partial charge on any atom is 0.187 e. The lowest BCUT2D eigenvalue weighted by atomic mass is 10.3. The second-order valence-electron chi connectivity index (χ2n) is 3.73. The Morgan fingerprint density at radius 3 is 2.94 bits per heavy atom. The third-order valence-electron chi connectivity index (χ3n) is 2.23. The van der Waals surface area contributed by atoms with Crippen molar-refractivity contribution < 1.29 is 5.11 Å². The third-order valence-corrected chi connectivity index (χ3v) is 3.87. The Kier molecular flexibility index (Phi) is 4.52. The van der Waals surface area contributed by atoms with Gasteiger partial charge in [0.25, 0.3) is 0 Å². The highest BCUT2D eigenvalue weighted by Crippen LogP contribution is 2.28. The van der Waals surface area contributed by atoms with Crippen molar-refractivity contribution in [3.05, 3.63) is 35.3 Å². The minimum atomic E-state index is -0.419. The van der Waals surface area contributed by atoms with Crippen LogP contribution in [-0.4, -0.2) is 27.4 Å². The van der Waals surface area contributed by atoms with Crippen LogP contribution in [0.5, 0.6) is 0 Å². The van der Waals surface area contributed by atoms with Crippen molar-refractivity contribution in [2.75, 3.05) is 6.26 Å². The topological polar surface area (TPSA) is 46.0 Å². The summed E-state index contributed by atoms with van der Waals surface area (Å²) in [4.78, 5) is 10.8. The van der Waals surface area contributed by atoms with Crippen LogP contribution in [-0.2, 0) is 0 Å². The van der Waals surface area contributed by atoms with Gasteiger partial charge in [-0.3, -0.25) is 0 Å². The van der Waals surface area contributed by atoms with E-state index in [-0.39, 0.29) is 0 Å². The summed E-state index contributed by atoms with van der Waals surface area (Å²) in [6.45, 7) is 1.74. The second kappa shape index (κ2) is 6.13. The van der Waals surface area contributed by atoms with E-state index in [4.69, 9.17) is 0 Å². The highest BCUT2D eigenvalue weighted by Gasteiger charge is 2.04. The Labute approximate surface area is 115 Å². The van der Waals surface area contributed by atoms with Gasteiger partial charge < -0.3 is 5.11 Å². The minimum absolute atomic E-state index is 0.419. The molecule has 18 heavy (non-hydrogen) atoms. The molecule has 0 fully saturated rings. The fourth-order valence-electron chi connectivity index (χ4n) is 1.39. The zero-order valence-corrected chi connectivity index (χ0v) is 11.8. The number of rotatable bonds is 4. The standard InChI is InChI=1S/C13H14N2OS2/c1-9(16)3-4-10-5-6-12(18-10)11-7-8-14-13(15-11)17-2/h3-9,16H,1-2H3/b4-3+. The predicted molar refractivity (Wildman–Crippen MR) is 77.8 cm³/mol. The summed E-state index contributed by atoms with van der Waals surface area (Å²) in [5.74, 6) is 0. The molecule has 1 N–H and O–H groups in total. The number of thioether (sulfide) groups is 1. The van der Waals surface area contributed by atoms with Gasteiger partial charge in [0.15, 0.2) is 5.16 Å². The third kappa shape index (κ3) is 3.41. The molecule has 2 aromatic rings. The normalized spacial score (nSPS) is 13.1. The van der Waals surface area contributed by atoms with Crippen molar-refractivity contribution in [2.24, 2.45) is 0 Å². The van der Waals surface area contributed by atoms with Crippen LogP contribution in [0.4, 0.5) is 0 Å². The Morgan fingerprint density at radius 2 is 2.22 bits per heavy atom. The van der Waals surface area contributed by atoms with E-state index in [1.807, 2.05) is 30.5 Å². The molecule has 2 rings (SSSR count). The van der Waals surface area contributed by atoms with Gasteiger partial charge in [-0.25, -0.2) is 9.97 Å². The minimum Gasteiger partial charge on any atom is -0.389 e. The van der Waals surface area contributed by atoms with Crippen molar-refractivity contribution in [3.63, 3.8) is 0 Å². The van der Waals surface area contributed by atoms with Gasteiger partial charge in [0.05, 0.1) is 16.7 Å². The summed E-state index contributed by atoms with van der Waals surface area (Å²) in [5.41, 5.74) is 0.941. The van der Waals surface area contributed by atoms with Crippen LogP contribution in [0.2, 0.25) is 0 Å². The van der Waals surface area contributed by atoms with E-state index in [0.29, 0.717) is 0 Å². The van der Waals surface area contributed by atoms with E-state index in [9.17, 15) is 5.11 Å². The van der Waals surface area contributed by atoms with Crippen LogP contribution < -0.4 is 0 Å². The van der Waals surface area contributed by atoms with E-state index in [2.05, 4.69) is 9.97 Å². The van der Waals surface area contributed by atoms with Crippen LogP contribution in [0, 0.1) is 0 Å². The van der Waals surface area contributed by atoms with E-state index in [0.717, 1.165) is 20.6 Å². The van der Waals surface area contributed by atoms with Crippen LogP contribution >= 0.6 is 23.1 Å². The molecular weight excluding hydrogens is 264 g/mol. The molecule has 0 saturated heterocycles. The first kappa shape index (κ1) is 13.3. The van der Waals surface area contributed by atoms with Gasteiger partial charge >= 0.3 is 0 Å². The zero-order valence-electron chi connectivity index (χ0n) is 10.2. The first-order chi connectivity index (χ1) is 8.69. The zero-order chi connectivity index (χ0) is 13.0. The summed E-state index contributed by atoms with van der Waals surface area (Å²) in [7, 11) is 0. The molecule has 94 valence electrons. The van der Waals surface area contributed by atoms with Gasteiger partial charge in [-0.05, 0) is 37.5 Å². The molecule has 2 heterocycles. The molecule has 0 amide bonds. The number of hydrogen-bond acceptors (Lipinski definition) is 5. The van der Waals surface area contributed by atoms with Crippen molar-refractivity contribution in [1.29, 1.82) is 0 Å². The van der Waals surface area contributed by atoms with Crippen LogP contribution in [0.3, 0.4) is 0 Å². The second-order valence-corrected chi connectivity index (χ2v) is 5.62. The predicted octanol–water partition coefficient (Wildman–Crippen LogP) is 3.32. The molecule has 2 aromatic heterocycles. The largest absolute Gasteiger partial charge is 0.389 e. The summed E-state index contributed by atoms with van der Waals surface area (Å²) in [5, 5.41) is 9.98. The molecule has 0 bridgehead atoms. The molecule has 0 saturated carbocycles. The Bertz CT molecular complexity index is 549. The average Bonchev–Trinajstić information content (AvgIpc) is 2.85. The SMILES string of the molecule is CSc1nccc(-c2ccc(/C=C/C(C)O)s2)n1. The number of aromatic nitrogens is 2. The fraction of sp³-hybridized carbons (Fsp3) is 0.231. The summed E-state index contributed by atoms with van der Waals surface area (Å²) in [6.07, 6.45) is 7.01. The lowest BCUT2D eigenvalue weighted by molar-refractivity contribution is 0.245. The molecule has 0 radical (unpaired) electrons. The van der Waals surface area contributed by atoms with Crippen LogP contribution in [0.25, 0.3) is 16.6 Å². The summed E-state index contributed by atoms with van der Waals surface area (Å²) in [6, 6.07) is 5.98. The van der Waals surface area contributed by atoms with Gasteiger partial charge in [0.2, 0.25) is 0 Å². The van der Waals surface area contributed by atoms with Crippen molar-refractivity contribution >= 4 is 29.2 Å². The van der Waals surface area contributed by atoms with Gasteiger partial charge in [-0.15, -0.1) is 11.3 Å². The van der Waals surface area contributed by atoms with E-state index in [1.54, 1.807) is 30.5 Å². The van der Waals surface area contributed by atoms with Crippen LogP contribution in [0.15, 0.2) is 35.6 Å². The molecule has 0 aromatic carbocycles. The van der Waals surface area contributed by atoms with Crippen molar-refractivity contribution in [1.82, 2.24) is 9.97 Å². The smallest absolute Gasteiger partial charge is 0.187 e. The number of hydrogen-bond donors (Lipinski definition) is 1. The monoisotopic (exact) mass is 278 g/mol. The Morgan fingerprint density at radius 1 is 1.39 bits per heavy atom. The molecule has 3 nitrogen and oxygen atoms in total. The van der Waals surface area contributed by atoms with Crippen molar-refractivity contribution in [3.8, 4) is 10.6 Å². The fourth-order valence-corrected chi connectivity index (χ4v) is 2.64. The maximum absolute atomic E-state index is 9.20. The Balaban J connectivity index is 2.23. The lowest BCUT2D eigenvalue weighted by Gasteiger charge is -1.98. The van der Waals surface area contributed by atoms with Gasteiger partial charge in [0.1, 0.15) is 0 Å². The first-order valence-electron chi connectivity index (χ1n) is 5.52. The highest BCUT2D eigenvalue weighted by atomic mass is 32.2. The van der Waals surface area contributed by atoms with E-state index < -0.39 is 6.10 Å². The molecule has 0 aliphatic heterocycles. The van der Waals surface area contributed by atoms with Crippen LogP contribution in [0.1, 0.15) is 11.8 Å². The van der Waals surface area contributed by atoms with Gasteiger partial charge in [0, 0.05) is 11.1 Å². The van der Waals surface area contributed by atoms with Gasteiger partial charge in [-0.2, -0.15) is 0 Å². The number of thiophene rings is 1. The van der Waals surface area contributed by atoms with Gasteiger partial charge in [-0.1, -0.05) is 17.8 Å². The molecule has 5 heteroatoms. The maximum atomic E-state index is 9.20. The van der Waals surface area contributed by atoms with Crippen molar-refractivity contribution in [2.45, 2.75) is 18.2 Å². The molecule has 1 unspecified atom stereocenters. The molecule has 0 spiro atoms. The summed E-state index contributed by atoms with van der Waals surface area (Å²) >= 11 is 3.18. The molecule has 1 atom stereocenters. The number of aliphatic hydroxyl groups excluding tert-OH is 1. The molecule has 0 aliphatic rings. The molecular formula is C13H14N2OS2. The first-order valence-corrected chi connectivity index (χ1v) is 7.56. The quantitative estimate of drug-likeness (QED) is 0.688. The molecule has 0 aliphatic carbocycles. The Hall–Kier alpha value is -1.17. The van der Waals surface area contributed by atoms with E-state index in [1.165, 1.54) is 11.8 Å². The highest BCUT2D eigenvalue weighted by molar-refractivity contribution is 7.98. The average molecular weight is 278 g/mol. The van der Waals surface area contributed by atoms with E-state index >= 15 is 0 Å². The lowest BCUT2D eigenvalue weighted by Crippen LogP contribution is -1.90. The number of nitrogens with zero attached hydrogens (tertiary/aromatic N) is 2. The number of aliphatic hydroxyl groups is 1.